The summed E-state index contributed by atoms with van der Waals surface area (Å²) in [4.78, 5) is 19.1. The fourth-order valence-corrected chi connectivity index (χ4v) is 2.94. The van der Waals surface area contributed by atoms with E-state index in [1.165, 1.54) is 16.7 Å². The second kappa shape index (κ2) is 4.71. The molecule has 0 unspecified atom stereocenters. The van der Waals surface area contributed by atoms with Crippen LogP contribution in [0.5, 0.6) is 0 Å². The molecule has 0 atom stereocenters. The molecule has 0 saturated heterocycles. The smallest absolute Gasteiger partial charge is 0.355 e. The van der Waals surface area contributed by atoms with E-state index < -0.39 is 5.97 Å². The molecule has 2 rings (SSSR count). The maximum absolute atomic E-state index is 10.7. The predicted molar refractivity (Wildman–Crippen MR) is 64.2 cm³/mol. The second-order valence-corrected chi connectivity index (χ2v) is 5.02. The Morgan fingerprint density at radius 1 is 1.38 bits per heavy atom. The Balaban J connectivity index is 2.24. The number of carboxylic acid groups (broad SMARTS) is 1. The van der Waals surface area contributed by atoms with Crippen molar-refractivity contribution in [1.82, 2.24) is 9.97 Å². The first kappa shape index (κ1) is 11.2. The van der Waals surface area contributed by atoms with E-state index >= 15 is 0 Å². The first-order chi connectivity index (χ1) is 7.70. The average Bonchev–Trinajstić information content (AvgIpc) is 2.84. The van der Waals surface area contributed by atoms with Gasteiger partial charge in [-0.3, -0.25) is 0 Å². The first-order valence-electron chi connectivity index (χ1n) is 4.84. The summed E-state index contributed by atoms with van der Waals surface area (Å²) >= 11 is 2.91. The molecule has 0 spiro atoms. The summed E-state index contributed by atoms with van der Waals surface area (Å²) in [5, 5.41) is 14.0. The van der Waals surface area contributed by atoms with Gasteiger partial charge in [-0.05, 0) is 12.8 Å². The lowest BCUT2D eigenvalue weighted by atomic mass is 10.3. The van der Waals surface area contributed by atoms with Crippen LogP contribution in [0.25, 0.3) is 10.7 Å². The summed E-state index contributed by atoms with van der Waals surface area (Å²) in [5.74, 6) is -0.994. The zero-order valence-corrected chi connectivity index (χ0v) is 10.3. The van der Waals surface area contributed by atoms with E-state index in [4.69, 9.17) is 5.11 Å². The molecule has 2 aromatic heterocycles. The number of hydrogen-bond acceptors (Lipinski definition) is 5. The summed E-state index contributed by atoms with van der Waals surface area (Å²) < 4.78 is 0. The number of aryl methyl sites for hydroxylation is 1. The number of carboxylic acids is 1. The molecule has 0 aliphatic carbocycles. The van der Waals surface area contributed by atoms with Crippen molar-refractivity contribution in [2.24, 2.45) is 0 Å². The monoisotopic (exact) mass is 254 g/mol. The van der Waals surface area contributed by atoms with Crippen LogP contribution in [0.15, 0.2) is 10.8 Å². The van der Waals surface area contributed by atoms with Crippen molar-refractivity contribution in [2.75, 3.05) is 0 Å². The van der Waals surface area contributed by atoms with Gasteiger partial charge in [0.25, 0.3) is 0 Å². The fraction of sp³-hybridized carbons (Fsp3) is 0.300. The summed E-state index contributed by atoms with van der Waals surface area (Å²) in [7, 11) is 0. The van der Waals surface area contributed by atoms with Gasteiger partial charge in [-0.15, -0.1) is 22.7 Å². The maximum atomic E-state index is 10.7. The third-order valence-electron chi connectivity index (χ3n) is 1.96. The molecule has 2 heterocycles. The number of rotatable bonds is 4. The van der Waals surface area contributed by atoms with Crippen molar-refractivity contribution in [2.45, 2.75) is 19.8 Å². The van der Waals surface area contributed by atoms with Gasteiger partial charge in [0.2, 0.25) is 0 Å². The average molecular weight is 254 g/mol. The van der Waals surface area contributed by atoms with Gasteiger partial charge in [-0.2, -0.15) is 0 Å². The molecule has 1 N–H and O–H groups in total. The second-order valence-electron chi connectivity index (χ2n) is 3.22. The summed E-state index contributed by atoms with van der Waals surface area (Å²) in [6, 6.07) is 0. The summed E-state index contributed by atoms with van der Waals surface area (Å²) in [6.45, 7) is 2.10. The van der Waals surface area contributed by atoms with Crippen LogP contribution in [0, 0.1) is 0 Å². The molecular formula is C10H10N2O2S2. The number of hydrogen-bond donors (Lipinski definition) is 1. The predicted octanol–water partition coefficient (Wildman–Crippen LogP) is 2.92. The van der Waals surface area contributed by atoms with E-state index in [0.717, 1.165) is 23.5 Å². The number of aromatic carboxylic acids is 1. The Labute approximate surface area is 101 Å². The zero-order valence-electron chi connectivity index (χ0n) is 8.64. The van der Waals surface area contributed by atoms with Gasteiger partial charge in [0, 0.05) is 10.8 Å². The third-order valence-corrected chi connectivity index (χ3v) is 3.73. The highest BCUT2D eigenvalue weighted by atomic mass is 32.1. The molecule has 0 saturated carbocycles. The molecule has 6 heteroatoms. The molecule has 0 fully saturated rings. The van der Waals surface area contributed by atoms with Crippen molar-refractivity contribution in [1.29, 1.82) is 0 Å². The standard InChI is InChI=1S/C10H10N2O2S2/c1-2-3-8-11-6(4-15-8)9-12-7(5-16-9)10(13)14/h4-5H,2-3H2,1H3,(H,13,14). The van der Waals surface area contributed by atoms with Crippen LogP contribution in [-0.2, 0) is 6.42 Å². The van der Waals surface area contributed by atoms with Crippen LogP contribution in [0.1, 0.15) is 28.8 Å². The lowest BCUT2D eigenvalue weighted by molar-refractivity contribution is 0.0691. The van der Waals surface area contributed by atoms with Crippen LogP contribution in [0.2, 0.25) is 0 Å². The number of carbonyl (C=O) groups is 1. The highest BCUT2D eigenvalue weighted by molar-refractivity contribution is 7.14. The minimum absolute atomic E-state index is 0.0880. The van der Waals surface area contributed by atoms with Crippen LogP contribution in [0.4, 0.5) is 0 Å². The van der Waals surface area contributed by atoms with E-state index in [1.807, 2.05) is 5.38 Å². The lowest BCUT2D eigenvalue weighted by Gasteiger charge is -1.88. The maximum Gasteiger partial charge on any atom is 0.355 e. The lowest BCUT2D eigenvalue weighted by Crippen LogP contribution is -1.95. The Morgan fingerprint density at radius 2 is 2.19 bits per heavy atom. The Hall–Kier alpha value is -1.27. The van der Waals surface area contributed by atoms with E-state index in [9.17, 15) is 4.79 Å². The van der Waals surface area contributed by atoms with E-state index in [1.54, 1.807) is 11.3 Å². The van der Waals surface area contributed by atoms with Crippen LogP contribution >= 0.6 is 22.7 Å². The molecular weight excluding hydrogens is 244 g/mol. The van der Waals surface area contributed by atoms with Gasteiger partial charge < -0.3 is 5.11 Å². The Morgan fingerprint density at radius 3 is 2.81 bits per heavy atom. The van der Waals surface area contributed by atoms with Gasteiger partial charge in [-0.1, -0.05) is 6.92 Å². The molecule has 0 aliphatic rings. The molecule has 4 nitrogen and oxygen atoms in total. The van der Waals surface area contributed by atoms with Crippen molar-refractivity contribution >= 4 is 28.6 Å². The molecule has 0 radical (unpaired) electrons. The molecule has 0 aliphatic heterocycles. The summed E-state index contributed by atoms with van der Waals surface area (Å²) in [6.07, 6.45) is 2.02. The third kappa shape index (κ3) is 2.28. The van der Waals surface area contributed by atoms with Crippen molar-refractivity contribution in [3.05, 3.63) is 21.5 Å². The Bertz CT molecular complexity index is 504. The first-order valence-corrected chi connectivity index (χ1v) is 6.60. The van der Waals surface area contributed by atoms with Crippen molar-refractivity contribution < 1.29 is 9.90 Å². The van der Waals surface area contributed by atoms with Crippen LogP contribution in [-0.4, -0.2) is 21.0 Å². The zero-order chi connectivity index (χ0) is 11.5. The minimum atomic E-state index is -0.994. The molecule has 0 aromatic carbocycles. The minimum Gasteiger partial charge on any atom is -0.476 e. The van der Waals surface area contributed by atoms with Gasteiger partial charge in [0.15, 0.2) is 5.69 Å². The summed E-state index contributed by atoms with van der Waals surface area (Å²) in [5.41, 5.74) is 0.871. The number of nitrogens with zero attached hydrogens (tertiary/aromatic N) is 2. The molecule has 84 valence electrons. The SMILES string of the molecule is CCCc1nc(-c2nc(C(=O)O)cs2)cs1. The molecule has 2 aromatic rings. The Kier molecular flexibility index (Phi) is 3.31. The highest BCUT2D eigenvalue weighted by Gasteiger charge is 2.12. The van der Waals surface area contributed by atoms with Crippen molar-refractivity contribution in [3.63, 3.8) is 0 Å². The van der Waals surface area contributed by atoms with Crippen LogP contribution in [0.3, 0.4) is 0 Å². The van der Waals surface area contributed by atoms with E-state index in [2.05, 4.69) is 16.9 Å². The van der Waals surface area contributed by atoms with E-state index in [0.29, 0.717) is 5.01 Å². The fourth-order valence-electron chi connectivity index (χ4n) is 1.23. The van der Waals surface area contributed by atoms with Gasteiger partial charge >= 0.3 is 5.97 Å². The van der Waals surface area contributed by atoms with Crippen molar-refractivity contribution in [3.8, 4) is 10.7 Å². The largest absolute Gasteiger partial charge is 0.476 e. The van der Waals surface area contributed by atoms with Gasteiger partial charge in [0.05, 0.1) is 5.01 Å². The normalized spacial score (nSPS) is 10.6. The molecule has 16 heavy (non-hydrogen) atoms. The van der Waals surface area contributed by atoms with E-state index in [-0.39, 0.29) is 5.69 Å². The quantitative estimate of drug-likeness (QED) is 0.911. The number of aromatic nitrogens is 2. The van der Waals surface area contributed by atoms with Crippen LogP contribution < -0.4 is 0 Å². The number of thiazole rings is 2. The topological polar surface area (TPSA) is 63.1 Å². The molecule has 0 bridgehead atoms. The highest BCUT2D eigenvalue weighted by Crippen LogP contribution is 2.25. The van der Waals surface area contributed by atoms with Gasteiger partial charge in [0.1, 0.15) is 10.7 Å². The molecule has 0 amide bonds. The van der Waals surface area contributed by atoms with Gasteiger partial charge in [-0.25, -0.2) is 14.8 Å².